The van der Waals surface area contributed by atoms with E-state index in [0.29, 0.717) is 5.89 Å². The van der Waals surface area contributed by atoms with Crippen LogP contribution in [-0.2, 0) is 6.42 Å². The Morgan fingerprint density at radius 1 is 1.38 bits per heavy atom. The van der Waals surface area contributed by atoms with Gasteiger partial charge in [-0.2, -0.15) is 0 Å². The van der Waals surface area contributed by atoms with Crippen molar-refractivity contribution in [3.8, 4) is 0 Å². The average Bonchev–Trinajstić information content (AvgIpc) is 2.72. The fourth-order valence-corrected chi connectivity index (χ4v) is 1.34. The molecule has 0 fully saturated rings. The first kappa shape index (κ1) is 13.1. The summed E-state index contributed by atoms with van der Waals surface area (Å²) in [6.07, 6.45) is 1.97. The lowest BCUT2D eigenvalue weighted by molar-refractivity contribution is 0.0959. The zero-order valence-corrected chi connectivity index (χ0v) is 10.2. The molecule has 16 heavy (non-hydrogen) atoms. The normalized spacial score (nSPS) is 15.4. The second-order valence-electron chi connectivity index (χ2n) is 4.40. The fourth-order valence-electron chi connectivity index (χ4n) is 1.34. The van der Waals surface area contributed by atoms with Crippen LogP contribution in [0, 0.1) is 5.92 Å². The molecule has 1 rings (SSSR count). The summed E-state index contributed by atoms with van der Waals surface area (Å²) < 4.78 is 5.37. The van der Waals surface area contributed by atoms with E-state index in [1.807, 2.05) is 13.8 Å². The lowest BCUT2D eigenvalue weighted by Crippen LogP contribution is -2.33. The molecule has 0 aliphatic heterocycles. The quantitative estimate of drug-likeness (QED) is 0.767. The summed E-state index contributed by atoms with van der Waals surface area (Å²) >= 11 is 0. The minimum absolute atomic E-state index is 0.168. The second-order valence-corrected chi connectivity index (χ2v) is 4.40. The smallest absolute Gasteiger partial charge is 0.246 e. The van der Waals surface area contributed by atoms with Crippen LogP contribution in [0.25, 0.3) is 0 Å². The molecule has 0 bridgehead atoms. The fraction of sp³-hybridized carbons (Fsp3) is 0.818. The highest BCUT2D eigenvalue weighted by Crippen LogP contribution is 2.19. The lowest BCUT2D eigenvalue weighted by atomic mass is 10.00. The van der Waals surface area contributed by atoms with Gasteiger partial charge >= 0.3 is 0 Å². The molecule has 2 atom stereocenters. The third-order valence-corrected chi connectivity index (χ3v) is 2.61. The van der Waals surface area contributed by atoms with Crippen molar-refractivity contribution >= 4 is 0 Å². The van der Waals surface area contributed by atoms with Gasteiger partial charge in [0, 0.05) is 12.5 Å². The van der Waals surface area contributed by atoms with Crippen molar-refractivity contribution in [2.45, 2.75) is 52.2 Å². The van der Waals surface area contributed by atoms with Crippen molar-refractivity contribution in [3.63, 3.8) is 0 Å². The number of hydrogen-bond acceptors (Lipinski definition) is 5. The van der Waals surface area contributed by atoms with Crippen LogP contribution in [0.3, 0.4) is 0 Å². The highest BCUT2D eigenvalue weighted by atomic mass is 16.4. The molecule has 0 radical (unpaired) electrons. The van der Waals surface area contributed by atoms with E-state index in [1.165, 1.54) is 0 Å². The molecule has 1 unspecified atom stereocenters. The van der Waals surface area contributed by atoms with E-state index < -0.39 is 6.10 Å². The number of aliphatic hydroxyl groups excluding tert-OH is 1. The number of unbranched alkanes of at least 4 members (excludes halogenated alkanes) is 1. The van der Waals surface area contributed by atoms with Gasteiger partial charge in [-0.1, -0.05) is 27.2 Å². The monoisotopic (exact) mass is 227 g/mol. The van der Waals surface area contributed by atoms with Crippen molar-refractivity contribution in [3.05, 3.63) is 11.8 Å². The van der Waals surface area contributed by atoms with Crippen LogP contribution >= 0.6 is 0 Å². The third kappa shape index (κ3) is 3.28. The van der Waals surface area contributed by atoms with Gasteiger partial charge in [-0.05, 0) is 12.3 Å². The summed E-state index contributed by atoms with van der Waals surface area (Å²) in [4.78, 5) is 0. The molecule has 5 heteroatoms. The van der Waals surface area contributed by atoms with Crippen LogP contribution in [-0.4, -0.2) is 21.3 Å². The maximum absolute atomic E-state index is 9.88. The number of aryl methyl sites for hydroxylation is 1. The van der Waals surface area contributed by atoms with Crippen molar-refractivity contribution in [1.82, 2.24) is 10.2 Å². The zero-order chi connectivity index (χ0) is 12.1. The SMILES string of the molecule is CCCCc1nnc(C(O)[C@@H](N)C(C)C)o1. The molecule has 0 aliphatic carbocycles. The first-order chi connectivity index (χ1) is 7.56. The molecule has 3 N–H and O–H groups in total. The molecular formula is C11H21N3O2. The molecule has 1 heterocycles. The van der Waals surface area contributed by atoms with Gasteiger partial charge in [0.2, 0.25) is 11.8 Å². The molecule has 0 saturated heterocycles. The van der Waals surface area contributed by atoms with Crippen molar-refractivity contribution in [2.24, 2.45) is 11.7 Å². The van der Waals surface area contributed by atoms with E-state index >= 15 is 0 Å². The second kappa shape index (κ2) is 5.96. The topological polar surface area (TPSA) is 85.2 Å². The minimum atomic E-state index is -0.872. The Morgan fingerprint density at radius 3 is 2.62 bits per heavy atom. The Kier molecular flexibility index (Phi) is 4.89. The standard InChI is InChI=1S/C11H21N3O2/c1-4-5-6-8-13-14-11(16-8)10(15)9(12)7(2)3/h7,9-10,15H,4-6,12H2,1-3H3/t9-,10?/m0/s1. The zero-order valence-electron chi connectivity index (χ0n) is 10.2. The van der Waals surface area contributed by atoms with Gasteiger partial charge in [-0.15, -0.1) is 10.2 Å². The van der Waals surface area contributed by atoms with Crippen LogP contribution in [0.2, 0.25) is 0 Å². The summed E-state index contributed by atoms with van der Waals surface area (Å²) in [6, 6.07) is -0.375. The van der Waals surface area contributed by atoms with Gasteiger partial charge in [-0.3, -0.25) is 0 Å². The Bertz CT molecular complexity index is 312. The van der Waals surface area contributed by atoms with Gasteiger partial charge in [0.25, 0.3) is 0 Å². The largest absolute Gasteiger partial charge is 0.422 e. The first-order valence-electron chi connectivity index (χ1n) is 5.82. The number of aromatic nitrogens is 2. The predicted octanol–water partition coefficient (Wildman–Crippen LogP) is 1.43. The molecule has 0 saturated carbocycles. The number of hydrogen-bond donors (Lipinski definition) is 2. The summed E-state index contributed by atoms with van der Waals surface area (Å²) in [5.41, 5.74) is 5.82. The van der Waals surface area contributed by atoms with Crippen molar-refractivity contribution < 1.29 is 9.52 Å². The molecule has 92 valence electrons. The molecule has 0 aromatic carbocycles. The highest BCUT2D eigenvalue weighted by molar-refractivity contribution is 4.92. The van der Waals surface area contributed by atoms with E-state index in [2.05, 4.69) is 17.1 Å². The van der Waals surface area contributed by atoms with Gasteiger partial charge in [0.05, 0.1) is 0 Å². The number of rotatable bonds is 6. The van der Waals surface area contributed by atoms with Crippen LogP contribution in [0.1, 0.15) is 51.5 Å². The van der Waals surface area contributed by atoms with Gasteiger partial charge in [-0.25, -0.2) is 0 Å². The van der Waals surface area contributed by atoms with E-state index in [9.17, 15) is 5.11 Å². The average molecular weight is 227 g/mol. The Labute approximate surface area is 96.1 Å². The van der Waals surface area contributed by atoms with E-state index in [-0.39, 0.29) is 17.9 Å². The summed E-state index contributed by atoms with van der Waals surface area (Å²) in [5.74, 6) is 0.972. The number of nitrogens with two attached hydrogens (primary N) is 1. The van der Waals surface area contributed by atoms with Crippen LogP contribution in [0.4, 0.5) is 0 Å². The number of aliphatic hydroxyl groups is 1. The predicted molar refractivity (Wildman–Crippen MR) is 60.7 cm³/mol. The Morgan fingerprint density at radius 2 is 2.06 bits per heavy atom. The van der Waals surface area contributed by atoms with Crippen LogP contribution < -0.4 is 5.73 Å². The van der Waals surface area contributed by atoms with Gasteiger partial charge in [0.1, 0.15) is 6.10 Å². The van der Waals surface area contributed by atoms with E-state index in [1.54, 1.807) is 0 Å². The van der Waals surface area contributed by atoms with Gasteiger partial charge < -0.3 is 15.3 Å². The van der Waals surface area contributed by atoms with Crippen molar-refractivity contribution in [1.29, 1.82) is 0 Å². The summed E-state index contributed by atoms with van der Waals surface area (Å²) in [6.45, 7) is 5.99. The van der Waals surface area contributed by atoms with Crippen molar-refractivity contribution in [2.75, 3.05) is 0 Å². The summed E-state index contributed by atoms with van der Waals surface area (Å²) in [7, 11) is 0. The molecule has 0 aliphatic rings. The van der Waals surface area contributed by atoms with E-state index in [4.69, 9.17) is 10.2 Å². The maximum atomic E-state index is 9.88. The minimum Gasteiger partial charge on any atom is -0.422 e. The highest BCUT2D eigenvalue weighted by Gasteiger charge is 2.25. The molecule has 1 aromatic rings. The van der Waals surface area contributed by atoms with Crippen LogP contribution in [0.15, 0.2) is 4.42 Å². The summed E-state index contributed by atoms with van der Waals surface area (Å²) in [5, 5.41) is 17.6. The molecule has 0 amide bonds. The molecular weight excluding hydrogens is 206 g/mol. The molecule has 0 spiro atoms. The molecule has 1 aromatic heterocycles. The van der Waals surface area contributed by atoms with Gasteiger partial charge in [0.15, 0.2) is 0 Å². The first-order valence-corrected chi connectivity index (χ1v) is 5.82. The number of nitrogens with zero attached hydrogens (tertiary/aromatic N) is 2. The molecule has 5 nitrogen and oxygen atoms in total. The van der Waals surface area contributed by atoms with E-state index in [0.717, 1.165) is 19.3 Å². The lowest BCUT2D eigenvalue weighted by Gasteiger charge is -2.18. The maximum Gasteiger partial charge on any atom is 0.246 e. The van der Waals surface area contributed by atoms with Crippen LogP contribution in [0.5, 0.6) is 0 Å². The third-order valence-electron chi connectivity index (χ3n) is 2.61. The Hall–Kier alpha value is -0.940. The Balaban J connectivity index is 2.62.